The molecule has 2 aromatic carbocycles. The fraction of sp³-hybridized carbons (Fsp3) is 0.520. The van der Waals surface area contributed by atoms with E-state index >= 15 is 0 Å². The van der Waals surface area contributed by atoms with Crippen LogP contribution in [0.15, 0.2) is 47.4 Å². The van der Waals surface area contributed by atoms with Crippen molar-refractivity contribution in [2.75, 3.05) is 12.9 Å². The predicted molar refractivity (Wildman–Crippen MR) is 124 cm³/mol. The Morgan fingerprint density at radius 2 is 1.65 bits per heavy atom. The maximum atomic E-state index is 13.9. The van der Waals surface area contributed by atoms with Gasteiger partial charge in [0.1, 0.15) is 5.75 Å². The highest BCUT2D eigenvalue weighted by Crippen LogP contribution is 2.50. The minimum Gasteiger partial charge on any atom is -0.496 e. The lowest BCUT2D eigenvalue weighted by atomic mass is 9.60. The summed E-state index contributed by atoms with van der Waals surface area (Å²) in [6, 6.07) is 12.9. The van der Waals surface area contributed by atoms with Gasteiger partial charge >= 0.3 is 0 Å². The molecule has 1 aliphatic heterocycles. The first-order chi connectivity index (χ1) is 14.3. The molecule has 2 N–H and O–H groups in total. The third-order valence-corrected chi connectivity index (χ3v) is 8.56. The highest BCUT2D eigenvalue weighted by Gasteiger charge is 2.56. The summed E-state index contributed by atoms with van der Waals surface area (Å²) < 4.78 is 33.3. The van der Waals surface area contributed by atoms with Gasteiger partial charge in [-0.05, 0) is 34.1 Å². The molecule has 170 valence electrons. The van der Waals surface area contributed by atoms with Crippen LogP contribution in [0.3, 0.4) is 0 Å². The van der Waals surface area contributed by atoms with E-state index < -0.39 is 15.4 Å². The standard InChI is InChI=1S/C25H35NO4S/c1-23(2,3)25(24(4,5)6)16-31(28,29)21-13-18(15-27)20(30-7)14-19(21)22(26-25)17-11-9-8-10-12-17/h8-14,22,26-27H,15-16H2,1-7H3. The minimum atomic E-state index is -3.68. The van der Waals surface area contributed by atoms with E-state index in [4.69, 9.17) is 4.74 Å². The Balaban J connectivity index is 2.43. The second-order valence-corrected chi connectivity index (χ2v) is 12.5. The number of benzene rings is 2. The van der Waals surface area contributed by atoms with Gasteiger partial charge in [-0.3, -0.25) is 5.32 Å². The molecule has 0 aromatic heterocycles. The Bertz CT molecular complexity index is 1030. The van der Waals surface area contributed by atoms with Crippen LogP contribution in [0.5, 0.6) is 5.75 Å². The van der Waals surface area contributed by atoms with Gasteiger partial charge in [0.05, 0.1) is 30.4 Å². The summed E-state index contributed by atoms with van der Waals surface area (Å²) in [5, 5.41) is 13.7. The Morgan fingerprint density at radius 1 is 1.06 bits per heavy atom. The molecule has 0 amide bonds. The SMILES string of the molecule is COc1cc2c(cc1CO)S(=O)(=O)CC(C(C)(C)C)(C(C)(C)C)NC2c1ccccc1. The fourth-order valence-corrected chi connectivity index (χ4v) is 7.59. The summed E-state index contributed by atoms with van der Waals surface area (Å²) in [4.78, 5) is 0.258. The molecule has 0 bridgehead atoms. The molecule has 5 nitrogen and oxygen atoms in total. The van der Waals surface area contributed by atoms with E-state index in [1.54, 1.807) is 12.1 Å². The molecule has 31 heavy (non-hydrogen) atoms. The average molecular weight is 446 g/mol. The van der Waals surface area contributed by atoms with Crippen molar-refractivity contribution in [2.24, 2.45) is 10.8 Å². The lowest BCUT2D eigenvalue weighted by Gasteiger charge is -2.54. The number of aliphatic hydroxyl groups excluding tert-OH is 1. The third kappa shape index (κ3) is 4.01. The fourth-order valence-electron chi connectivity index (χ4n) is 5.05. The summed E-state index contributed by atoms with van der Waals surface area (Å²) >= 11 is 0. The first-order valence-corrected chi connectivity index (χ1v) is 12.3. The molecule has 1 unspecified atom stereocenters. The van der Waals surface area contributed by atoms with Crippen LogP contribution in [-0.2, 0) is 16.4 Å². The zero-order valence-corrected chi connectivity index (χ0v) is 20.4. The van der Waals surface area contributed by atoms with Crippen LogP contribution >= 0.6 is 0 Å². The molecule has 2 aromatic rings. The Hall–Kier alpha value is -1.89. The molecular formula is C25H35NO4S. The van der Waals surface area contributed by atoms with E-state index in [2.05, 4.69) is 46.9 Å². The molecule has 0 spiro atoms. The Labute approximate surface area is 186 Å². The highest BCUT2D eigenvalue weighted by atomic mass is 32.2. The number of rotatable bonds is 3. The lowest BCUT2D eigenvalue weighted by molar-refractivity contribution is 0.0347. The van der Waals surface area contributed by atoms with Crippen LogP contribution in [0.2, 0.25) is 0 Å². The van der Waals surface area contributed by atoms with Crippen molar-refractivity contribution in [1.82, 2.24) is 5.32 Å². The van der Waals surface area contributed by atoms with Crippen molar-refractivity contribution in [3.63, 3.8) is 0 Å². The first kappa shape index (κ1) is 23.8. The second kappa shape index (κ2) is 7.91. The van der Waals surface area contributed by atoms with Crippen LogP contribution in [0.4, 0.5) is 0 Å². The molecule has 1 heterocycles. The number of hydrogen-bond acceptors (Lipinski definition) is 5. The van der Waals surface area contributed by atoms with Gasteiger partial charge in [0.25, 0.3) is 0 Å². The summed E-state index contributed by atoms with van der Waals surface area (Å²) in [5.74, 6) is 0.443. The van der Waals surface area contributed by atoms with Crippen LogP contribution in [0.25, 0.3) is 0 Å². The Kier molecular flexibility index (Phi) is 6.06. The zero-order chi connectivity index (χ0) is 23.2. The van der Waals surface area contributed by atoms with Crippen molar-refractivity contribution in [3.8, 4) is 5.75 Å². The number of aliphatic hydroxyl groups is 1. The smallest absolute Gasteiger partial charge is 0.180 e. The molecule has 0 fully saturated rings. The summed E-state index contributed by atoms with van der Waals surface area (Å²) in [5.41, 5.74) is 0.642. The van der Waals surface area contributed by atoms with E-state index in [-0.39, 0.29) is 34.1 Å². The maximum absolute atomic E-state index is 13.9. The van der Waals surface area contributed by atoms with Crippen molar-refractivity contribution in [2.45, 2.75) is 64.6 Å². The van der Waals surface area contributed by atoms with Gasteiger partial charge in [-0.15, -0.1) is 0 Å². The van der Waals surface area contributed by atoms with Gasteiger partial charge in [0.15, 0.2) is 9.84 Å². The number of ether oxygens (including phenoxy) is 1. The molecule has 0 aliphatic carbocycles. The van der Waals surface area contributed by atoms with Gasteiger partial charge in [-0.1, -0.05) is 71.9 Å². The number of nitrogens with one attached hydrogen (secondary N) is 1. The summed E-state index contributed by atoms with van der Waals surface area (Å²) in [7, 11) is -2.15. The molecule has 0 saturated heterocycles. The van der Waals surface area contributed by atoms with Crippen LogP contribution < -0.4 is 10.1 Å². The summed E-state index contributed by atoms with van der Waals surface area (Å²) in [6.45, 7) is 12.3. The van der Waals surface area contributed by atoms with Crippen molar-refractivity contribution < 1.29 is 18.3 Å². The van der Waals surface area contributed by atoms with Crippen molar-refractivity contribution in [3.05, 3.63) is 59.2 Å². The molecule has 0 saturated carbocycles. The molecule has 1 aliphatic rings. The van der Waals surface area contributed by atoms with E-state index in [9.17, 15) is 13.5 Å². The van der Waals surface area contributed by atoms with E-state index in [0.717, 1.165) is 5.56 Å². The third-order valence-electron chi connectivity index (χ3n) is 6.72. The van der Waals surface area contributed by atoms with Crippen LogP contribution in [-0.4, -0.2) is 31.9 Å². The summed E-state index contributed by atoms with van der Waals surface area (Å²) in [6.07, 6.45) is 0. The van der Waals surface area contributed by atoms with E-state index in [0.29, 0.717) is 16.9 Å². The van der Waals surface area contributed by atoms with Gasteiger partial charge in [0, 0.05) is 11.1 Å². The second-order valence-electron chi connectivity index (χ2n) is 10.5. The van der Waals surface area contributed by atoms with Crippen molar-refractivity contribution in [1.29, 1.82) is 0 Å². The molecule has 3 rings (SSSR count). The maximum Gasteiger partial charge on any atom is 0.180 e. The number of sulfone groups is 1. The van der Waals surface area contributed by atoms with Gasteiger partial charge < -0.3 is 9.84 Å². The predicted octanol–water partition coefficient (Wildman–Crippen LogP) is 4.48. The van der Waals surface area contributed by atoms with E-state index in [1.165, 1.54) is 7.11 Å². The largest absolute Gasteiger partial charge is 0.496 e. The number of hydrogen-bond donors (Lipinski definition) is 2. The Morgan fingerprint density at radius 3 is 2.13 bits per heavy atom. The van der Waals surface area contributed by atoms with E-state index in [1.807, 2.05) is 30.3 Å². The minimum absolute atomic E-state index is 0.0411. The first-order valence-electron chi connectivity index (χ1n) is 10.6. The molecule has 1 atom stereocenters. The topological polar surface area (TPSA) is 75.6 Å². The van der Waals surface area contributed by atoms with Crippen LogP contribution in [0, 0.1) is 10.8 Å². The highest BCUT2D eigenvalue weighted by molar-refractivity contribution is 7.91. The van der Waals surface area contributed by atoms with Gasteiger partial charge in [-0.2, -0.15) is 0 Å². The average Bonchev–Trinajstić information content (AvgIpc) is 2.79. The normalized spacial score (nSPS) is 20.6. The van der Waals surface area contributed by atoms with Crippen molar-refractivity contribution >= 4 is 9.84 Å². The monoisotopic (exact) mass is 445 g/mol. The lowest BCUT2D eigenvalue weighted by Crippen LogP contribution is -2.66. The molecule has 0 radical (unpaired) electrons. The quantitative estimate of drug-likeness (QED) is 0.728. The van der Waals surface area contributed by atoms with Crippen LogP contribution in [0.1, 0.15) is 64.3 Å². The molecular weight excluding hydrogens is 410 g/mol. The van der Waals surface area contributed by atoms with Gasteiger partial charge in [-0.25, -0.2) is 8.42 Å². The zero-order valence-electron chi connectivity index (χ0n) is 19.6. The number of fused-ring (bicyclic) bond motifs is 1. The van der Waals surface area contributed by atoms with Gasteiger partial charge in [0.2, 0.25) is 0 Å². The number of methoxy groups -OCH3 is 1. The molecule has 6 heteroatoms.